The first kappa shape index (κ1) is 14.4. The van der Waals surface area contributed by atoms with Gasteiger partial charge in [-0.2, -0.15) is 5.10 Å². The maximum atomic E-state index is 11.0. The van der Waals surface area contributed by atoms with E-state index in [1.165, 1.54) is 17.9 Å². The minimum Gasteiger partial charge on any atom is -0.504 e. The van der Waals surface area contributed by atoms with Crippen molar-refractivity contribution in [2.45, 2.75) is 6.92 Å². The number of rotatable bonds is 3. The summed E-state index contributed by atoms with van der Waals surface area (Å²) in [5.74, 6) is -0.866. The molecule has 0 spiro atoms. The Kier molecular flexibility index (Phi) is 3.71. The van der Waals surface area contributed by atoms with Gasteiger partial charge in [-0.15, -0.1) is 0 Å². The number of nitrogens with zero attached hydrogens (tertiary/aromatic N) is 2. The Bertz CT molecular complexity index is 694. The van der Waals surface area contributed by atoms with Crippen LogP contribution >= 0.6 is 15.9 Å². The molecule has 0 radical (unpaired) electrons. The number of halogens is 1. The third-order valence-corrected chi connectivity index (χ3v) is 3.86. The number of aryl methyl sites for hydroxylation is 1. The first-order valence-corrected chi connectivity index (χ1v) is 6.49. The summed E-state index contributed by atoms with van der Waals surface area (Å²) in [5, 5.41) is 23.2. The molecule has 0 bridgehead atoms. The zero-order valence-electron chi connectivity index (χ0n) is 11.1. The molecule has 0 aliphatic carbocycles. The minimum absolute atomic E-state index is 0.0480. The molecule has 1 aromatic carbocycles. The average molecular weight is 341 g/mol. The van der Waals surface area contributed by atoms with Gasteiger partial charge < -0.3 is 14.9 Å². The zero-order valence-corrected chi connectivity index (χ0v) is 12.7. The monoisotopic (exact) mass is 340 g/mol. The summed E-state index contributed by atoms with van der Waals surface area (Å²) in [6.45, 7) is 1.81. The van der Waals surface area contributed by atoms with E-state index in [9.17, 15) is 9.90 Å². The number of phenolic OH excluding ortho intramolecular Hbond substituents is 1. The van der Waals surface area contributed by atoms with Crippen LogP contribution in [0.25, 0.3) is 11.3 Å². The second-order valence-corrected chi connectivity index (χ2v) is 5.11. The first-order valence-electron chi connectivity index (χ1n) is 5.70. The van der Waals surface area contributed by atoms with Crippen molar-refractivity contribution in [1.29, 1.82) is 0 Å². The van der Waals surface area contributed by atoms with Crippen LogP contribution in [-0.4, -0.2) is 33.1 Å². The highest BCUT2D eigenvalue weighted by molar-refractivity contribution is 9.10. The van der Waals surface area contributed by atoms with Crippen molar-refractivity contribution in [3.63, 3.8) is 0 Å². The first-order chi connectivity index (χ1) is 9.36. The summed E-state index contributed by atoms with van der Waals surface area (Å²) in [5.41, 5.74) is 1.67. The maximum absolute atomic E-state index is 11.0. The maximum Gasteiger partial charge on any atom is 0.356 e. The Labute approximate surface area is 123 Å². The van der Waals surface area contributed by atoms with Gasteiger partial charge in [0.05, 0.1) is 12.8 Å². The van der Waals surface area contributed by atoms with Gasteiger partial charge in [0.1, 0.15) is 0 Å². The molecule has 7 heteroatoms. The molecule has 1 heterocycles. The van der Waals surface area contributed by atoms with Crippen LogP contribution in [0.4, 0.5) is 0 Å². The Morgan fingerprint density at radius 2 is 2.10 bits per heavy atom. The van der Waals surface area contributed by atoms with E-state index in [-0.39, 0.29) is 11.4 Å². The third-order valence-electron chi connectivity index (χ3n) is 3.04. The topological polar surface area (TPSA) is 84.6 Å². The van der Waals surface area contributed by atoms with Gasteiger partial charge in [0.15, 0.2) is 17.2 Å². The van der Waals surface area contributed by atoms with Crippen LogP contribution in [0.15, 0.2) is 16.6 Å². The van der Waals surface area contributed by atoms with E-state index >= 15 is 0 Å². The predicted molar refractivity (Wildman–Crippen MR) is 76.3 cm³/mol. The molecule has 0 amide bonds. The van der Waals surface area contributed by atoms with Crippen molar-refractivity contribution in [1.82, 2.24) is 9.78 Å². The van der Waals surface area contributed by atoms with Crippen LogP contribution in [0.5, 0.6) is 11.5 Å². The van der Waals surface area contributed by atoms with Gasteiger partial charge in [-0.1, -0.05) is 15.9 Å². The second kappa shape index (κ2) is 5.16. The summed E-state index contributed by atoms with van der Waals surface area (Å²) < 4.78 is 7.28. The highest BCUT2D eigenvalue weighted by Gasteiger charge is 2.21. The number of carboxylic acid groups (broad SMARTS) is 1. The Hall–Kier alpha value is -2.02. The van der Waals surface area contributed by atoms with Crippen molar-refractivity contribution in [3.05, 3.63) is 27.9 Å². The molecule has 1 aromatic heterocycles. The number of carbonyl (C=O) groups is 1. The smallest absolute Gasteiger partial charge is 0.356 e. The molecule has 2 aromatic rings. The van der Waals surface area contributed by atoms with E-state index in [4.69, 9.17) is 9.84 Å². The molecular formula is C13H13BrN2O4. The lowest BCUT2D eigenvalue weighted by atomic mass is 10.0. The molecule has 0 aliphatic heterocycles. The van der Waals surface area contributed by atoms with Crippen molar-refractivity contribution < 1.29 is 19.7 Å². The fraction of sp³-hybridized carbons (Fsp3) is 0.231. The van der Waals surface area contributed by atoms with Crippen LogP contribution in [0, 0.1) is 6.92 Å². The van der Waals surface area contributed by atoms with Crippen LogP contribution in [0.3, 0.4) is 0 Å². The van der Waals surface area contributed by atoms with Gasteiger partial charge in [0.25, 0.3) is 0 Å². The van der Waals surface area contributed by atoms with E-state index in [0.717, 1.165) is 10.0 Å². The lowest BCUT2D eigenvalue weighted by molar-refractivity contribution is 0.0689. The van der Waals surface area contributed by atoms with Crippen LogP contribution in [0.1, 0.15) is 16.1 Å². The molecule has 6 nitrogen and oxygen atoms in total. The summed E-state index contributed by atoms with van der Waals surface area (Å²) >= 11 is 3.39. The zero-order chi connectivity index (χ0) is 15.0. The summed E-state index contributed by atoms with van der Waals surface area (Å²) in [4.78, 5) is 11.0. The van der Waals surface area contributed by atoms with E-state index < -0.39 is 5.97 Å². The molecule has 2 rings (SSSR count). The summed E-state index contributed by atoms with van der Waals surface area (Å²) in [6.07, 6.45) is 0. The lowest BCUT2D eigenvalue weighted by Gasteiger charge is -2.14. The number of hydrogen-bond donors (Lipinski definition) is 2. The van der Waals surface area contributed by atoms with Crippen molar-refractivity contribution >= 4 is 21.9 Å². The molecule has 0 saturated carbocycles. The van der Waals surface area contributed by atoms with Crippen molar-refractivity contribution in [2.75, 3.05) is 7.11 Å². The van der Waals surface area contributed by atoms with Crippen LogP contribution < -0.4 is 4.74 Å². The number of benzene rings is 1. The molecule has 0 atom stereocenters. The van der Waals surface area contributed by atoms with Gasteiger partial charge in [-0.25, -0.2) is 4.79 Å². The lowest BCUT2D eigenvalue weighted by Crippen LogP contribution is -2.00. The standard InChI is InChI=1S/C13H13BrN2O4/c1-6-7(14)4-10(20-3)12(17)11(6)9-5-8(13(18)19)15-16(9)2/h4-5,17H,1-3H3,(H,18,19). The Morgan fingerprint density at radius 1 is 1.45 bits per heavy atom. The number of aromatic carboxylic acids is 1. The number of aromatic hydroxyl groups is 1. The number of aromatic nitrogens is 2. The highest BCUT2D eigenvalue weighted by Crippen LogP contribution is 2.43. The molecule has 106 valence electrons. The largest absolute Gasteiger partial charge is 0.504 e. The molecule has 20 heavy (non-hydrogen) atoms. The van der Waals surface area contributed by atoms with Gasteiger partial charge in [-0.05, 0) is 24.6 Å². The quantitative estimate of drug-likeness (QED) is 0.896. The van der Waals surface area contributed by atoms with Crippen molar-refractivity contribution in [2.24, 2.45) is 7.05 Å². The fourth-order valence-corrected chi connectivity index (χ4v) is 2.39. The molecule has 2 N–H and O–H groups in total. The predicted octanol–water partition coefficient (Wildman–Crippen LogP) is 2.57. The number of ether oxygens (including phenoxy) is 1. The van der Waals surface area contributed by atoms with E-state index in [2.05, 4.69) is 21.0 Å². The van der Waals surface area contributed by atoms with E-state index in [1.807, 2.05) is 6.92 Å². The van der Waals surface area contributed by atoms with Crippen LogP contribution in [-0.2, 0) is 7.05 Å². The number of carboxylic acids is 1. The molecule has 0 saturated heterocycles. The summed E-state index contributed by atoms with van der Waals surface area (Å²) in [6, 6.07) is 3.07. The van der Waals surface area contributed by atoms with Gasteiger partial charge in [-0.3, -0.25) is 4.68 Å². The average Bonchev–Trinajstić information content (AvgIpc) is 2.77. The van der Waals surface area contributed by atoms with Crippen molar-refractivity contribution in [3.8, 4) is 22.8 Å². The Morgan fingerprint density at radius 3 is 2.60 bits per heavy atom. The minimum atomic E-state index is -1.12. The van der Waals surface area contributed by atoms with E-state index in [1.54, 1.807) is 13.1 Å². The number of methoxy groups -OCH3 is 1. The SMILES string of the molecule is COc1cc(Br)c(C)c(-c2cc(C(=O)O)nn2C)c1O. The molecule has 0 fully saturated rings. The number of hydrogen-bond acceptors (Lipinski definition) is 4. The Balaban J connectivity index is 2.75. The van der Waals surface area contributed by atoms with Crippen LogP contribution in [0.2, 0.25) is 0 Å². The highest BCUT2D eigenvalue weighted by atomic mass is 79.9. The fourth-order valence-electron chi connectivity index (χ4n) is 1.99. The molecule has 0 unspecified atom stereocenters. The second-order valence-electron chi connectivity index (χ2n) is 4.25. The third kappa shape index (κ3) is 2.24. The summed E-state index contributed by atoms with van der Waals surface area (Å²) in [7, 11) is 3.07. The van der Waals surface area contributed by atoms with Gasteiger partial charge in [0, 0.05) is 17.1 Å². The molecule has 0 aliphatic rings. The number of phenols is 1. The normalized spacial score (nSPS) is 10.6. The molecular weight excluding hydrogens is 328 g/mol. The van der Waals surface area contributed by atoms with Gasteiger partial charge in [0.2, 0.25) is 0 Å². The van der Waals surface area contributed by atoms with E-state index in [0.29, 0.717) is 17.0 Å². The van der Waals surface area contributed by atoms with Gasteiger partial charge >= 0.3 is 5.97 Å².